The zero-order valence-corrected chi connectivity index (χ0v) is 15.5. The number of nitrogens with one attached hydrogen (secondary N) is 1. The van der Waals surface area contributed by atoms with Crippen molar-refractivity contribution in [3.05, 3.63) is 42.5 Å². The van der Waals surface area contributed by atoms with E-state index in [2.05, 4.69) is 15.1 Å². The monoisotopic (exact) mass is 381 g/mol. The zero-order valence-electron chi connectivity index (χ0n) is 15.5. The molecular weight excluding hydrogens is 358 g/mol. The number of aromatic nitrogens is 2. The second kappa shape index (κ2) is 7.98. The predicted molar refractivity (Wildman–Crippen MR) is 104 cm³/mol. The standard InChI is InChI=1S/C20H21N3O2.CH2O2/c24-19(10-16-11-23-6-3-13(16)4-7-23)20-17-2-1-14(9-18(17)21-22-20)15-5-8-25-12-15;2-1-3/h1-2,5,8-9,12-13,16H,3-4,6-7,10-11H2,(H,21,22);1H,(H,2,3)/t16-;/m1./s1. The molecule has 0 radical (unpaired) electrons. The minimum atomic E-state index is -0.250. The van der Waals surface area contributed by atoms with Crippen molar-refractivity contribution in [2.75, 3.05) is 19.6 Å². The Labute approximate surface area is 162 Å². The molecule has 1 aromatic carbocycles. The maximum atomic E-state index is 12.9. The molecule has 6 rings (SSSR count). The van der Waals surface area contributed by atoms with Crippen molar-refractivity contribution in [3.63, 3.8) is 0 Å². The van der Waals surface area contributed by atoms with Gasteiger partial charge in [-0.1, -0.05) is 6.07 Å². The molecule has 7 nitrogen and oxygen atoms in total. The molecule has 0 saturated carbocycles. The van der Waals surface area contributed by atoms with E-state index in [0.717, 1.165) is 28.6 Å². The Balaban J connectivity index is 0.000000604. The predicted octanol–water partition coefficient (Wildman–Crippen LogP) is 3.44. The second-order valence-electron chi connectivity index (χ2n) is 7.48. The van der Waals surface area contributed by atoms with Gasteiger partial charge in [-0.05, 0) is 61.5 Å². The van der Waals surface area contributed by atoms with E-state index in [-0.39, 0.29) is 12.3 Å². The van der Waals surface area contributed by atoms with E-state index in [4.69, 9.17) is 14.3 Å². The van der Waals surface area contributed by atoms with Crippen molar-refractivity contribution in [1.29, 1.82) is 0 Å². The van der Waals surface area contributed by atoms with Crippen LogP contribution in [-0.4, -0.2) is 52.1 Å². The van der Waals surface area contributed by atoms with Crippen LogP contribution in [0.2, 0.25) is 0 Å². The number of benzene rings is 1. The van der Waals surface area contributed by atoms with E-state index in [1.54, 1.807) is 12.5 Å². The number of fused-ring (bicyclic) bond motifs is 4. The van der Waals surface area contributed by atoms with Crippen molar-refractivity contribution in [2.24, 2.45) is 11.8 Å². The summed E-state index contributed by atoms with van der Waals surface area (Å²) in [5.41, 5.74) is 3.57. The molecule has 2 N–H and O–H groups in total. The summed E-state index contributed by atoms with van der Waals surface area (Å²) in [6, 6.07) is 7.97. The molecule has 0 amide bonds. The van der Waals surface area contributed by atoms with Crippen LogP contribution in [0, 0.1) is 11.8 Å². The molecule has 3 aromatic rings. The van der Waals surface area contributed by atoms with Crippen LogP contribution in [0.4, 0.5) is 0 Å². The first-order valence-corrected chi connectivity index (χ1v) is 9.53. The summed E-state index contributed by atoms with van der Waals surface area (Å²) < 4.78 is 5.15. The van der Waals surface area contributed by atoms with Crippen LogP contribution < -0.4 is 0 Å². The summed E-state index contributed by atoms with van der Waals surface area (Å²) >= 11 is 0. The van der Waals surface area contributed by atoms with Gasteiger partial charge in [0, 0.05) is 23.9 Å². The largest absolute Gasteiger partial charge is 0.483 e. The molecule has 1 atom stereocenters. The molecule has 146 valence electrons. The highest BCUT2D eigenvalue weighted by molar-refractivity contribution is 6.06. The third kappa shape index (κ3) is 3.57. The fraction of sp³-hybridized carbons (Fsp3) is 0.381. The molecule has 3 saturated heterocycles. The highest BCUT2D eigenvalue weighted by atomic mass is 16.3. The van der Waals surface area contributed by atoms with Gasteiger partial charge in [0.1, 0.15) is 5.69 Å². The van der Waals surface area contributed by atoms with Crippen LogP contribution in [0.3, 0.4) is 0 Å². The maximum absolute atomic E-state index is 12.9. The quantitative estimate of drug-likeness (QED) is 0.530. The molecule has 3 fully saturated rings. The van der Waals surface area contributed by atoms with Crippen LogP contribution >= 0.6 is 0 Å². The van der Waals surface area contributed by atoms with Gasteiger partial charge in [0.05, 0.1) is 18.0 Å². The molecule has 0 unspecified atom stereocenters. The van der Waals surface area contributed by atoms with Gasteiger partial charge in [-0.3, -0.25) is 14.7 Å². The Morgan fingerprint density at radius 2 is 2.07 bits per heavy atom. The van der Waals surface area contributed by atoms with Gasteiger partial charge in [0.25, 0.3) is 6.47 Å². The molecule has 3 aliphatic rings. The number of piperidine rings is 3. The SMILES string of the molecule is O=C(C[C@@H]1CN2CCC1CC2)c1n[nH]c2cc(-c3ccoc3)ccc12.O=CO. The lowest BCUT2D eigenvalue weighted by atomic mass is 9.76. The molecule has 0 spiro atoms. The Morgan fingerprint density at radius 1 is 1.29 bits per heavy atom. The molecule has 2 aromatic heterocycles. The Hall–Kier alpha value is -2.93. The summed E-state index contributed by atoms with van der Waals surface area (Å²) in [7, 11) is 0. The molecule has 28 heavy (non-hydrogen) atoms. The van der Waals surface area contributed by atoms with Crippen LogP contribution in [0.15, 0.2) is 41.2 Å². The number of aromatic amines is 1. The van der Waals surface area contributed by atoms with Gasteiger partial charge in [0.15, 0.2) is 5.78 Å². The van der Waals surface area contributed by atoms with Gasteiger partial charge in [-0.2, -0.15) is 5.10 Å². The van der Waals surface area contributed by atoms with Crippen LogP contribution in [0.5, 0.6) is 0 Å². The van der Waals surface area contributed by atoms with Crippen LogP contribution in [0.1, 0.15) is 29.8 Å². The summed E-state index contributed by atoms with van der Waals surface area (Å²) in [5, 5.41) is 15.2. The number of nitrogens with zero attached hydrogens (tertiary/aromatic N) is 2. The molecule has 7 heteroatoms. The third-order valence-corrected chi connectivity index (χ3v) is 5.92. The lowest BCUT2D eigenvalue weighted by Gasteiger charge is -2.44. The number of carbonyl (C=O) groups excluding carboxylic acids is 1. The van der Waals surface area contributed by atoms with Gasteiger partial charge >= 0.3 is 0 Å². The van der Waals surface area contributed by atoms with Gasteiger partial charge in [-0.25, -0.2) is 0 Å². The van der Waals surface area contributed by atoms with Gasteiger partial charge in [-0.15, -0.1) is 0 Å². The fourth-order valence-corrected chi connectivity index (χ4v) is 4.49. The van der Waals surface area contributed by atoms with Gasteiger partial charge < -0.3 is 14.4 Å². The van der Waals surface area contributed by atoms with Crippen molar-refractivity contribution >= 4 is 23.2 Å². The van der Waals surface area contributed by atoms with Gasteiger partial charge in [0.2, 0.25) is 0 Å². The van der Waals surface area contributed by atoms with E-state index < -0.39 is 0 Å². The minimum absolute atomic E-state index is 0.168. The lowest BCUT2D eigenvalue weighted by Crippen LogP contribution is -2.47. The first-order chi connectivity index (χ1) is 13.7. The average Bonchev–Trinajstić information content (AvgIpc) is 3.39. The maximum Gasteiger partial charge on any atom is 0.290 e. The summed E-state index contributed by atoms with van der Waals surface area (Å²) in [5.74, 6) is 1.37. The molecular formula is C21H23N3O4. The van der Waals surface area contributed by atoms with E-state index in [1.165, 1.54) is 25.9 Å². The zero-order chi connectivity index (χ0) is 19.5. The Bertz CT molecular complexity index is 955. The Kier molecular flexibility index (Phi) is 5.25. The number of ketones is 1. The smallest absolute Gasteiger partial charge is 0.290 e. The first kappa shape index (κ1) is 18.4. The summed E-state index contributed by atoms with van der Waals surface area (Å²) in [4.78, 5) is 23.7. The summed E-state index contributed by atoms with van der Waals surface area (Å²) in [6.45, 7) is 3.23. The van der Waals surface area contributed by atoms with E-state index >= 15 is 0 Å². The van der Waals surface area contributed by atoms with Crippen molar-refractivity contribution in [1.82, 2.24) is 15.1 Å². The molecule has 3 aliphatic heterocycles. The van der Waals surface area contributed by atoms with Crippen molar-refractivity contribution in [2.45, 2.75) is 19.3 Å². The number of carbonyl (C=O) groups is 2. The van der Waals surface area contributed by atoms with Crippen molar-refractivity contribution in [3.8, 4) is 11.1 Å². The summed E-state index contributed by atoms with van der Waals surface area (Å²) in [6.07, 6.45) is 6.48. The molecule has 0 aliphatic carbocycles. The highest BCUT2D eigenvalue weighted by Gasteiger charge is 2.35. The number of Topliss-reactive ketones (excluding diaryl/α,β-unsaturated/α-hetero) is 1. The second-order valence-corrected chi connectivity index (χ2v) is 7.48. The number of rotatable bonds is 4. The van der Waals surface area contributed by atoms with E-state index in [1.807, 2.05) is 24.3 Å². The normalized spacial score (nSPS) is 23.2. The van der Waals surface area contributed by atoms with Crippen LogP contribution in [0.25, 0.3) is 22.0 Å². The number of furan rings is 1. The third-order valence-electron chi connectivity index (χ3n) is 5.92. The number of H-pyrrole nitrogens is 1. The fourth-order valence-electron chi connectivity index (χ4n) is 4.49. The molecule has 2 bridgehead atoms. The molecule has 5 heterocycles. The topological polar surface area (TPSA) is 99.4 Å². The number of carboxylic acid groups (broad SMARTS) is 1. The number of hydrogen-bond donors (Lipinski definition) is 2. The lowest BCUT2D eigenvalue weighted by molar-refractivity contribution is -0.122. The van der Waals surface area contributed by atoms with Crippen molar-refractivity contribution < 1.29 is 19.1 Å². The Morgan fingerprint density at radius 3 is 2.71 bits per heavy atom. The van der Waals surface area contributed by atoms with Crippen LogP contribution in [-0.2, 0) is 4.79 Å². The minimum Gasteiger partial charge on any atom is -0.483 e. The van der Waals surface area contributed by atoms with E-state index in [0.29, 0.717) is 24.0 Å². The number of hydrogen-bond acceptors (Lipinski definition) is 5. The average molecular weight is 381 g/mol. The van der Waals surface area contributed by atoms with E-state index in [9.17, 15) is 4.79 Å². The highest BCUT2D eigenvalue weighted by Crippen LogP contribution is 2.35. The first-order valence-electron chi connectivity index (χ1n) is 9.53.